The van der Waals surface area contributed by atoms with Crippen LogP contribution in [0.1, 0.15) is 89.0 Å². The highest BCUT2D eigenvalue weighted by Gasteiger charge is 2.57. The molecule has 0 N–H and O–H groups in total. The first-order valence-corrected chi connectivity index (χ1v) is 8.72. The van der Waals surface area contributed by atoms with E-state index in [4.69, 9.17) is 19.6 Å². The molecule has 1 aliphatic rings. The third kappa shape index (κ3) is 6.00. The fourth-order valence-electron chi connectivity index (χ4n) is 3.47. The van der Waals surface area contributed by atoms with E-state index in [-0.39, 0.29) is 16.7 Å². The van der Waals surface area contributed by atoms with Crippen LogP contribution in [0.15, 0.2) is 0 Å². The zero-order chi connectivity index (χ0) is 18.3. The molecule has 0 saturated heterocycles. The Hall–Kier alpha value is -0.160. The molecule has 1 atom stereocenters. The minimum absolute atomic E-state index is 0.0459. The van der Waals surface area contributed by atoms with Crippen LogP contribution >= 0.6 is 0 Å². The highest BCUT2D eigenvalue weighted by atomic mass is 17.3. The normalized spacial score (nSPS) is 27.0. The summed E-state index contributed by atoms with van der Waals surface area (Å²) in [5, 5.41) is 0. The third-order valence-electron chi connectivity index (χ3n) is 4.36. The Morgan fingerprint density at radius 1 is 0.739 bits per heavy atom. The lowest BCUT2D eigenvalue weighted by molar-refractivity contribution is -0.564. The molecule has 4 nitrogen and oxygen atoms in total. The van der Waals surface area contributed by atoms with E-state index in [0.29, 0.717) is 0 Å². The van der Waals surface area contributed by atoms with Crippen molar-refractivity contribution < 1.29 is 19.6 Å². The fraction of sp³-hybridized carbons (Fsp3) is 1.00. The van der Waals surface area contributed by atoms with E-state index in [1.165, 1.54) is 0 Å². The minimum Gasteiger partial charge on any atom is -0.228 e. The van der Waals surface area contributed by atoms with E-state index in [1.807, 2.05) is 41.5 Å². The second-order valence-corrected chi connectivity index (χ2v) is 10.6. The number of rotatable bonds is 4. The highest BCUT2D eigenvalue weighted by molar-refractivity contribution is 4.98. The van der Waals surface area contributed by atoms with Gasteiger partial charge in [0, 0.05) is 12.3 Å². The van der Waals surface area contributed by atoms with Gasteiger partial charge in [-0.25, -0.2) is 9.78 Å². The summed E-state index contributed by atoms with van der Waals surface area (Å²) in [5.41, 5.74) is -0.712. The Bertz CT molecular complexity index is 381. The Morgan fingerprint density at radius 3 is 1.48 bits per heavy atom. The van der Waals surface area contributed by atoms with Crippen molar-refractivity contribution in [1.82, 2.24) is 0 Å². The van der Waals surface area contributed by atoms with Gasteiger partial charge in [-0.05, 0) is 58.8 Å². The predicted octanol–water partition coefficient (Wildman–Crippen LogP) is 5.66. The third-order valence-corrected chi connectivity index (χ3v) is 4.36. The Labute approximate surface area is 143 Å². The van der Waals surface area contributed by atoms with Gasteiger partial charge in [0.15, 0.2) is 0 Å². The lowest BCUT2D eigenvalue weighted by atomic mass is 9.58. The molecule has 0 aromatic heterocycles. The van der Waals surface area contributed by atoms with Crippen molar-refractivity contribution in [3.8, 4) is 0 Å². The molecule has 0 spiro atoms. The van der Waals surface area contributed by atoms with Gasteiger partial charge in [0.05, 0.1) is 11.2 Å². The second kappa shape index (κ2) is 6.29. The molecule has 4 heteroatoms. The molecular weight excluding hydrogens is 292 g/mol. The van der Waals surface area contributed by atoms with Gasteiger partial charge in [0.1, 0.15) is 0 Å². The monoisotopic (exact) mass is 330 g/mol. The second-order valence-electron chi connectivity index (χ2n) is 10.6. The molecule has 0 aliphatic heterocycles. The summed E-state index contributed by atoms with van der Waals surface area (Å²) in [6.45, 7) is 23.0. The first-order valence-electron chi connectivity index (χ1n) is 8.72. The molecule has 0 bridgehead atoms. The molecule has 0 amide bonds. The van der Waals surface area contributed by atoms with Crippen molar-refractivity contribution in [3.05, 3.63) is 0 Å². The first-order chi connectivity index (χ1) is 9.98. The fourth-order valence-corrected chi connectivity index (χ4v) is 3.47. The molecule has 0 radical (unpaired) electrons. The summed E-state index contributed by atoms with van der Waals surface area (Å²) in [4.78, 5) is 23.3. The smallest absolute Gasteiger partial charge is 0.228 e. The van der Waals surface area contributed by atoms with Gasteiger partial charge >= 0.3 is 0 Å². The van der Waals surface area contributed by atoms with Crippen LogP contribution in [-0.2, 0) is 19.6 Å². The highest BCUT2D eigenvalue weighted by Crippen LogP contribution is 2.56. The minimum atomic E-state index is -0.925. The van der Waals surface area contributed by atoms with Gasteiger partial charge in [0.2, 0.25) is 5.79 Å². The van der Waals surface area contributed by atoms with Crippen LogP contribution < -0.4 is 0 Å². The van der Waals surface area contributed by atoms with Crippen LogP contribution in [0.4, 0.5) is 0 Å². The summed E-state index contributed by atoms with van der Waals surface area (Å²) < 4.78 is 0. The topological polar surface area (TPSA) is 36.9 Å². The van der Waals surface area contributed by atoms with Crippen molar-refractivity contribution in [2.75, 3.05) is 0 Å². The molecule has 1 aliphatic carbocycles. The van der Waals surface area contributed by atoms with Crippen molar-refractivity contribution in [2.45, 2.75) is 106 Å². The van der Waals surface area contributed by atoms with Gasteiger partial charge in [-0.3, -0.25) is 0 Å². The van der Waals surface area contributed by atoms with Crippen molar-refractivity contribution in [2.24, 2.45) is 16.7 Å². The molecule has 23 heavy (non-hydrogen) atoms. The standard InChI is InChI=1S/C19H38O4/c1-14-18(10,11)12-17(8,9)13-19(14,22-20-15(2,3)4)23-21-16(5,6)7/h14H,12-13H2,1-11H3. The Morgan fingerprint density at radius 2 is 1.13 bits per heavy atom. The van der Waals surface area contributed by atoms with Crippen molar-refractivity contribution in [1.29, 1.82) is 0 Å². The van der Waals surface area contributed by atoms with Crippen LogP contribution in [-0.4, -0.2) is 17.0 Å². The molecule has 1 saturated carbocycles. The van der Waals surface area contributed by atoms with Crippen molar-refractivity contribution in [3.63, 3.8) is 0 Å². The summed E-state index contributed by atoms with van der Waals surface area (Å²) in [5.74, 6) is -0.807. The molecular formula is C19H38O4. The maximum absolute atomic E-state index is 5.97. The molecule has 1 fully saturated rings. The summed E-state index contributed by atoms with van der Waals surface area (Å²) in [6, 6.07) is 0. The van der Waals surface area contributed by atoms with Gasteiger partial charge < -0.3 is 0 Å². The SMILES string of the molecule is CC1C(C)(C)CC(C)(C)CC1(OOC(C)(C)C)OOC(C)(C)C. The molecule has 0 heterocycles. The van der Waals surface area contributed by atoms with Gasteiger partial charge in [-0.2, -0.15) is 9.78 Å². The first kappa shape index (κ1) is 20.9. The Kier molecular flexibility index (Phi) is 5.71. The molecule has 1 rings (SSSR count). The molecule has 1 unspecified atom stereocenters. The zero-order valence-electron chi connectivity index (χ0n) is 17.1. The zero-order valence-corrected chi connectivity index (χ0v) is 17.1. The molecule has 138 valence electrons. The van der Waals surface area contributed by atoms with Crippen molar-refractivity contribution >= 4 is 0 Å². The average molecular weight is 331 g/mol. The van der Waals surface area contributed by atoms with E-state index in [0.717, 1.165) is 12.8 Å². The maximum Gasteiger partial charge on any atom is 0.237 e. The van der Waals surface area contributed by atoms with E-state index in [9.17, 15) is 0 Å². The summed E-state index contributed by atoms with van der Waals surface area (Å²) in [6.07, 6.45) is 1.82. The number of hydrogen-bond acceptors (Lipinski definition) is 4. The van der Waals surface area contributed by atoms with E-state index in [1.54, 1.807) is 0 Å². The predicted molar refractivity (Wildman–Crippen MR) is 92.5 cm³/mol. The van der Waals surface area contributed by atoms with E-state index >= 15 is 0 Å². The van der Waals surface area contributed by atoms with Gasteiger partial charge in [0.25, 0.3) is 0 Å². The van der Waals surface area contributed by atoms with Crippen LogP contribution in [0.2, 0.25) is 0 Å². The Balaban J connectivity index is 3.14. The summed E-state index contributed by atoms with van der Waals surface area (Å²) >= 11 is 0. The maximum atomic E-state index is 5.97. The van der Waals surface area contributed by atoms with E-state index in [2.05, 4.69) is 34.6 Å². The summed E-state index contributed by atoms with van der Waals surface area (Å²) in [7, 11) is 0. The van der Waals surface area contributed by atoms with Gasteiger partial charge in [-0.15, -0.1) is 0 Å². The van der Waals surface area contributed by atoms with Crippen LogP contribution in [0.25, 0.3) is 0 Å². The largest absolute Gasteiger partial charge is 0.237 e. The lowest BCUT2D eigenvalue weighted by Gasteiger charge is -2.54. The van der Waals surface area contributed by atoms with Crippen LogP contribution in [0, 0.1) is 16.7 Å². The van der Waals surface area contributed by atoms with Crippen LogP contribution in [0.5, 0.6) is 0 Å². The number of hydrogen-bond donors (Lipinski definition) is 0. The quantitative estimate of drug-likeness (QED) is 0.379. The molecule has 0 aromatic carbocycles. The van der Waals surface area contributed by atoms with E-state index < -0.39 is 17.0 Å². The van der Waals surface area contributed by atoms with Gasteiger partial charge in [-0.1, -0.05) is 34.6 Å². The molecule has 0 aromatic rings. The average Bonchev–Trinajstić information content (AvgIpc) is 2.27. The lowest BCUT2D eigenvalue weighted by Crippen LogP contribution is -2.57. The van der Waals surface area contributed by atoms with Crippen LogP contribution in [0.3, 0.4) is 0 Å².